The van der Waals surface area contributed by atoms with Gasteiger partial charge in [-0.2, -0.15) is 0 Å². The number of anilines is 2. The van der Waals surface area contributed by atoms with Gasteiger partial charge in [-0.15, -0.1) is 0 Å². The van der Waals surface area contributed by atoms with Crippen LogP contribution in [0.25, 0.3) is 0 Å². The maximum atomic E-state index is 12.0. The molecule has 0 aromatic heterocycles. The van der Waals surface area contributed by atoms with E-state index in [0.29, 0.717) is 5.69 Å². The van der Waals surface area contributed by atoms with Gasteiger partial charge >= 0.3 is 11.9 Å². The van der Waals surface area contributed by atoms with Gasteiger partial charge in [0.25, 0.3) is 0 Å². The molecule has 1 aliphatic heterocycles. The highest BCUT2D eigenvalue weighted by atomic mass is 16.6. The van der Waals surface area contributed by atoms with E-state index in [1.54, 1.807) is 13.8 Å². The molecule has 148 valence electrons. The summed E-state index contributed by atoms with van der Waals surface area (Å²) < 4.78 is 4.51. The predicted octanol–water partition coefficient (Wildman–Crippen LogP) is 2.16. The summed E-state index contributed by atoms with van der Waals surface area (Å²) in [6, 6.07) is 4.22. The number of ether oxygens (including phenoxy) is 1. The summed E-state index contributed by atoms with van der Waals surface area (Å²) in [5.41, 5.74) is -0.381. The number of cyclic esters (lactones) is 2. The lowest BCUT2D eigenvalue weighted by molar-refractivity contribution is -0.155. The Morgan fingerprint density at radius 1 is 1.04 bits per heavy atom. The number of hydrogen-bond acceptors (Lipinski definition) is 8. The number of phenols is 1. The minimum Gasteiger partial charge on any atom is -0.506 e. The van der Waals surface area contributed by atoms with Crippen molar-refractivity contribution in [1.82, 2.24) is 0 Å². The highest BCUT2D eigenvalue weighted by Crippen LogP contribution is 2.30. The maximum Gasteiger partial charge on any atom is 0.353 e. The lowest BCUT2D eigenvalue weighted by atomic mass is 10.0. The normalized spacial score (nSPS) is 16.0. The number of aliphatic hydroxyl groups is 1. The van der Waals surface area contributed by atoms with Crippen molar-refractivity contribution in [3.8, 4) is 5.75 Å². The summed E-state index contributed by atoms with van der Waals surface area (Å²) in [5, 5.41) is 25.5. The van der Waals surface area contributed by atoms with Crippen LogP contribution in [-0.4, -0.2) is 33.8 Å². The van der Waals surface area contributed by atoms with Gasteiger partial charge in [0.1, 0.15) is 22.7 Å². The van der Waals surface area contributed by atoms with Crippen molar-refractivity contribution < 1.29 is 34.1 Å². The fraction of sp³-hybridized carbons (Fsp3) is 0.263. The average Bonchev–Trinajstić information content (AvgIpc) is 2.56. The van der Waals surface area contributed by atoms with Gasteiger partial charge in [0, 0.05) is 17.3 Å². The first-order chi connectivity index (χ1) is 13.0. The SMILES string of the molecule is CC(=O)C1=C(O)C(=C(C)Nc2ccc(O)c(NC(=O)C(C)C)c2)C(=O)OC1=O. The number of nitrogens with one attached hydrogen (secondary N) is 2. The number of allylic oxidation sites excluding steroid dienone is 1. The Morgan fingerprint density at radius 3 is 2.25 bits per heavy atom. The summed E-state index contributed by atoms with van der Waals surface area (Å²) in [7, 11) is 0. The van der Waals surface area contributed by atoms with Crippen LogP contribution in [0.15, 0.2) is 40.8 Å². The summed E-state index contributed by atoms with van der Waals surface area (Å²) in [6.07, 6.45) is 0. The van der Waals surface area contributed by atoms with Crippen LogP contribution in [0.1, 0.15) is 27.7 Å². The van der Waals surface area contributed by atoms with Crippen molar-refractivity contribution in [1.29, 1.82) is 0 Å². The van der Waals surface area contributed by atoms with Crippen LogP contribution in [-0.2, 0) is 23.9 Å². The van der Waals surface area contributed by atoms with E-state index in [4.69, 9.17) is 0 Å². The summed E-state index contributed by atoms with van der Waals surface area (Å²) >= 11 is 0. The second kappa shape index (κ2) is 7.95. The number of phenolic OH excluding ortho intramolecular Hbond substituents is 1. The molecule has 1 heterocycles. The third-order valence-corrected chi connectivity index (χ3v) is 3.90. The minimum absolute atomic E-state index is 0.0978. The highest BCUT2D eigenvalue weighted by Gasteiger charge is 2.36. The second-order valence-corrected chi connectivity index (χ2v) is 6.46. The molecule has 0 saturated heterocycles. The van der Waals surface area contributed by atoms with Crippen LogP contribution in [0, 0.1) is 5.92 Å². The van der Waals surface area contributed by atoms with Crippen LogP contribution < -0.4 is 10.6 Å². The molecule has 1 aromatic carbocycles. The molecule has 0 aliphatic carbocycles. The van der Waals surface area contributed by atoms with Crippen LogP contribution in [0.4, 0.5) is 11.4 Å². The predicted molar refractivity (Wildman–Crippen MR) is 99.3 cm³/mol. The van der Waals surface area contributed by atoms with Gasteiger partial charge in [0.05, 0.1) is 5.69 Å². The number of Topliss-reactive ketones (excluding diaryl/α,β-unsaturated/α-hetero) is 1. The molecule has 0 atom stereocenters. The maximum absolute atomic E-state index is 12.0. The molecule has 1 aromatic rings. The van der Waals surface area contributed by atoms with Crippen LogP contribution in [0.5, 0.6) is 5.75 Å². The number of aromatic hydroxyl groups is 1. The average molecular weight is 388 g/mol. The molecular formula is C19H20N2O7. The second-order valence-electron chi connectivity index (χ2n) is 6.46. The molecule has 1 amide bonds. The summed E-state index contributed by atoms with van der Waals surface area (Å²) in [6.45, 7) is 5.88. The quantitative estimate of drug-likeness (QED) is 0.150. The molecule has 0 saturated carbocycles. The number of aliphatic hydroxyl groups excluding tert-OH is 1. The van der Waals surface area contributed by atoms with Gasteiger partial charge in [-0.3, -0.25) is 9.59 Å². The molecule has 0 radical (unpaired) electrons. The highest BCUT2D eigenvalue weighted by molar-refractivity contribution is 6.23. The smallest absolute Gasteiger partial charge is 0.353 e. The molecule has 28 heavy (non-hydrogen) atoms. The van der Waals surface area contributed by atoms with E-state index in [0.717, 1.165) is 6.92 Å². The van der Waals surface area contributed by atoms with Crippen molar-refractivity contribution in [2.45, 2.75) is 27.7 Å². The van der Waals surface area contributed by atoms with Crippen molar-refractivity contribution in [3.63, 3.8) is 0 Å². The van der Waals surface area contributed by atoms with Crippen LogP contribution in [0.2, 0.25) is 0 Å². The zero-order chi connectivity index (χ0) is 21.2. The zero-order valence-electron chi connectivity index (χ0n) is 15.7. The third-order valence-electron chi connectivity index (χ3n) is 3.90. The van der Waals surface area contributed by atoms with E-state index in [1.807, 2.05) is 0 Å². The lowest BCUT2D eigenvalue weighted by Gasteiger charge is -2.19. The zero-order valence-corrected chi connectivity index (χ0v) is 15.7. The number of benzene rings is 1. The minimum atomic E-state index is -1.21. The van der Waals surface area contributed by atoms with E-state index < -0.39 is 29.1 Å². The van der Waals surface area contributed by atoms with E-state index in [9.17, 15) is 29.4 Å². The van der Waals surface area contributed by atoms with E-state index in [2.05, 4.69) is 15.4 Å². The topological polar surface area (TPSA) is 142 Å². The van der Waals surface area contributed by atoms with Crippen molar-refractivity contribution >= 4 is 35.0 Å². The van der Waals surface area contributed by atoms with Gasteiger partial charge in [0.2, 0.25) is 5.91 Å². The molecular weight excluding hydrogens is 368 g/mol. The fourth-order valence-corrected chi connectivity index (χ4v) is 2.42. The monoisotopic (exact) mass is 388 g/mol. The van der Waals surface area contributed by atoms with E-state index in [-0.39, 0.29) is 34.5 Å². The number of carbonyl (C=O) groups is 4. The molecule has 2 rings (SSSR count). The Hall–Kier alpha value is -3.62. The van der Waals surface area contributed by atoms with Gasteiger partial charge < -0.3 is 25.6 Å². The standard InChI is InChI=1S/C19H20N2O7/c1-8(2)17(25)21-12-7-11(5-6-13(12)23)20-9(3)14-16(24)15(10(4)22)19(27)28-18(14)26/h5-8,20,23-24H,1-4H3,(H,21,25). The number of hydrogen-bond donors (Lipinski definition) is 4. The molecule has 0 unspecified atom stereocenters. The summed E-state index contributed by atoms with van der Waals surface area (Å²) in [5.74, 6) is -4.60. The number of amides is 1. The van der Waals surface area contributed by atoms with Gasteiger partial charge in [-0.1, -0.05) is 13.8 Å². The number of esters is 2. The molecule has 0 bridgehead atoms. The molecule has 9 heteroatoms. The first kappa shape index (κ1) is 20.7. The van der Waals surface area contributed by atoms with Gasteiger partial charge in [-0.05, 0) is 32.0 Å². The molecule has 9 nitrogen and oxygen atoms in total. The Labute approximate surface area is 160 Å². The Morgan fingerprint density at radius 2 is 1.68 bits per heavy atom. The third kappa shape index (κ3) is 4.20. The molecule has 0 fully saturated rings. The first-order valence-electron chi connectivity index (χ1n) is 8.35. The van der Waals surface area contributed by atoms with Crippen molar-refractivity contribution in [2.24, 2.45) is 5.92 Å². The van der Waals surface area contributed by atoms with Gasteiger partial charge in [0.15, 0.2) is 5.78 Å². The van der Waals surface area contributed by atoms with E-state index >= 15 is 0 Å². The molecule has 1 aliphatic rings. The van der Waals surface area contributed by atoms with Crippen LogP contribution >= 0.6 is 0 Å². The van der Waals surface area contributed by atoms with Crippen molar-refractivity contribution in [2.75, 3.05) is 10.6 Å². The Balaban J connectivity index is 2.41. The fourth-order valence-electron chi connectivity index (χ4n) is 2.42. The number of ketones is 1. The molecule has 0 spiro atoms. The van der Waals surface area contributed by atoms with E-state index in [1.165, 1.54) is 25.1 Å². The van der Waals surface area contributed by atoms with Crippen molar-refractivity contribution in [3.05, 3.63) is 40.8 Å². The van der Waals surface area contributed by atoms with Crippen LogP contribution in [0.3, 0.4) is 0 Å². The largest absolute Gasteiger partial charge is 0.506 e. The number of carbonyl (C=O) groups excluding carboxylic acids is 4. The first-order valence-corrected chi connectivity index (χ1v) is 8.35. The van der Waals surface area contributed by atoms with Gasteiger partial charge in [-0.25, -0.2) is 9.59 Å². The Kier molecular flexibility index (Phi) is 5.87. The molecule has 4 N–H and O–H groups in total. The number of rotatable bonds is 5. The summed E-state index contributed by atoms with van der Waals surface area (Å²) in [4.78, 5) is 47.0. The Bertz CT molecular complexity index is 942. The lowest BCUT2D eigenvalue weighted by Crippen LogP contribution is -2.29.